The molecule has 1 saturated heterocycles. The average Bonchev–Trinajstić information content (AvgIpc) is 3.51. The maximum atomic E-state index is 13.6. The molecule has 2 aliphatic heterocycles. The lowest BCUT2D eigenvalue weighted by Gasteiger charge is -2.37. The van der Waals surface area contributed by atoms with E-state index >= 15 is 0 Å². The highest BCUT2D eigenvalue weighted by molar-refractivity contribution is 5.92. The lowest BCUT2D eigenvalue weighted by molar-refractivity contribution is -0.148. The molecule has 170 valence electrons. The second-order valence-corrected chi connectivity index (χ2v) is 8.09. The Balaban J connectivity index is 1.40. The van der Waals surface area contributed by atoms with E-state index in [2.05, 4.69) is 0 Å². The third-order valence-electron chi connectivity index (χ3n) is 6.27. The largest absolute Gasteiger partial charge is 0.497 e. The minimum atomic E-state index is -1.65. The van der Waals surface area contributed by atoms with Crippen molar-refractivity contribution in [3.8, 4) is 11.5 Å². The lowest BCUT2D eigenvalue weighted by Crippen LogP contribution is -2.57. The van der Waals surface area contributed by atoms with Gasteiger partial charge in [-0.2, -0.15) is 0 Å². The Morgan fingerprint density at radius 2 is 1.73 bits per heavy atom. The monoisotopic (exact) mass is 448 g/mol. The molecule has 0 bridgehead atoms. The Morgan fingerprint density at radius 1 is 1.00 bits per heavy atom. The molecule has 2 atom stereocenters. The van der Waals surface area contributed by atoms with E-state index in [0.29, 0.717) is 48.8 Å². The molecule has 2 aromatic carbocycles. The van der Waals surface area contributed by atoms with Gasteiger partial charge in [0.2, 0.25) is 6.10 Å². The number of benzene rings is 2. The van der Waals surface area contributed by atoms with Gasteiger partial charge in [0.05, 0.1) is 13.4 Å². The quantitative estimate of drug-likeness (QED) is 0.658. The Bertz CT molecular complexity index is 1150. The Labute approximate surface area is 190 Å². The number of ether oxygens (including phenoxy) is 2. The maximum absolute atomic E-state index is 13.6. The molecule has 3 heterocycles. The number of hydrogen-bond donors (Lipinski definition) is 1. The van der Waals surface area contributed by atoms with Crippen LogP contribution in [0.3, 0.4) is 0 Å². The van der Waals surface area contributed by atoms with Crippen LogP contribution in [0.25, 0.3) is 0 Å². The fourth-order valence-electron chi connectivity index (χ4n) is 4.48. The van der Waals surface area contributed by atoms with Crippen molar-refractivity contribution in [3.05, 3.63) is 83.8 Å². The zero-order chi connectivity index (χ0) is 23.0. The third-order valence-corrected chi connectivity index (χ3v) is 6.27. The number of aliphatic hydroxyl groups is 1. The summed E-state index contributed by atoms with van der Waals surface area (Å²) in [5.41, 5.74) is -0.570. The van der Waals surface area contributed by atoms with Crippen LogP contribution < -0.4 is 9.47 Å². The van der Waals surface area contributed by atoms with Gasteiger partial charge < -0.3 is 28.8 Å². The Hall–Kier alpha value is -3.78. The molecule has 0 unspecified atom stereocenters. The van der Waals surface area contributed by atoms with E-state index in [0.717, 1.165) is 0 Å². The first-order chi connectivity index (χ1) is 16.0. The number of piperazine rings is 1. The summed E-state index contributed by atoms with van der Waals surface area (Å²) in [7, 11) is 1.55. The van der Waals surface area contributed by atoms with Crippen LogP contribution in [-0.4, -0.2) is 66.1 Å². The molecule has 1 aromatic heterocycles. The van der Waals surface area contributed by atoms with Gasteiger partial charge in [-0.25, -0.2) is 0 Å². The van der Waals surface area contributed by atoms with Crippen molar-refractivity contribution in [1.29, 1.82) is 0 Å². The van der Waals surface area contributed by atoms with Gasteiger partial charge in [0, 0.05) is 37.8 Å². The summed E-state index contributed by atoms with van der Waals surface area (Å²) in [4.78, 5) is 29.4. The summed E-state index contributed by atoms with van der Waals surface area (Å²) in [6, 6.07) is 17.5. The topological polar surface area (TPSA) is 92.5 Å². The summed E-state index contributed by atoms with van der Waals surface area (Å²) in [6.07, 6.45) is 0.302. The van der Waals surface area contributed by atoms with Crippen LogP contribution in [0.2, 0.25) is 0 Å². The van der Waals surface area contributed by atoms with E-state index in [1.807, 2.05) is 18.2 Å². The fraction of sp³-hybridized carbons (Fsp3) is 0.280. The zero-order valence-electron chi connectivity index (χ0n) is 18.1. The van der Waals surface area contributed by atoms with Crippen LogP contribution in [-0.2, 0) is 10.4 Å². The van der Waals surface area contributed by atoms with Crippen LogP contribution in [0.5, 0.6) is 11.5 Å². The predicted octanol–water partition coefficient (Wildman–Crippen LogP) is 2.27. The van der Waals surface area contributed by atoms with Gasteiger partial charge in [0.15, 0.2) is 11.4 Å². The van der Waals surface area contributed by atoms with E-state index in [4.69, 9.17) is 13.9 Å². The number of amides is 2. The van der Waals surface area contributed by atoms with Crippen molar-refractivity contribution in [1.82, 2.24) is 9.80 Å². The SMILES string of the molecule is COc1ccc2c(c1)O[C@@H](C(=O)N1CCN(C(=O)c3ccco3)CC1)[C@@]2(O)c1ccccc1. The second kappa shape index (κ2) is 8.29. The van der Waals surface area contributed by atoms with Gasteiger partial charge in [-0.05, 0) is 29.8 Å². The number of furan rings is 1. The average molecular weight is 448 g/mol. The second-order valence-electron chi connectivity index (χ2n) is 8.09. The molecule has 2 amide bonds. The maximum Gasteiger partial charge on any atom is 0.289 e. The highest BCUT2D eigenvalue weighted by atomic mass is 16.5. The van der Waals surface area contributed by atoms with E-state index in [1.54, 1.807) is 59.4 Å². The molecule has 33 heavy (non-hydrogen) atoms. The lowest BCUT2D eigenvalue weighted by atomic mass is 9.82. The van der Waals surface area contributed by atoms with Crippen LogP contribution >= 0.6 is 0 Å². The minimum absolute atomic E-state index is 0.204. The van der Waals surface area contributed by atoms with E-state index < -0.39 is 11.7 Å². The molecule has 5 rings (SSSR count). The van der Waals surface area contributed by atoms with E-state index in [9.17, 15) is 14.7 Å². The van der Waals surface area contributed by atoms with Crippen molar-refractivity contribution in [2.75, 3.05) is 33.3 Å². The summed E-state index contributed by atoms with van der Waals surface area (Å²) < 4.78 is 16.5. The first-order valence-electron chi connectivity index (χ1n) is 10.8. The molecule has 1 fully saturated rings. The van der Waals surface area contributed by atoms with Crippen molar-refractivity contribution in [3.63, 3.8) is 0 Å². The highest BCUT2D eigenvalue weighted by Gasteiger charge is 2.54. The summed E-state index contributed by atoms with van der Waals surface area (Å²) in [6.45, 7) is 1.39. The standard InChI is InChI=1S/C25H24N2O6/c1-31-18-9-10-19-21(16-18)33-22(25(19,30)17-6-3-2-4-7-17)24(29)27-13-11-26(12-14-27)23(28)20-8-5-15-32-20/h2-10,15-16,22,30H,11-14H2,1H3/t22-,25+/m0/s1. The third kappa shape index (κ3) is 3.52. The van der Waals surface area contributed by atoms with Gasteiger partial charge in [0.25, 0.3) is 11.8 Å². The number of rotatable bonds is 4. The van der Waals surface area contributed by atoms with Crippen LogP contribution in [0, 0.1) is 0 Å². The van der Waals surface area contributed by atoms with Gasteiger partial charge in [0.1, 0.15) is 11.5 Å². The molecular formula is C25H24N2O6. The first kappa shape index (κ1) is 21.1. The Kier molecular flexibility index (Phi) is 5.30. The normalized spacial score (nSPS) is 21.9. The molecule has 1 N–H and O–H groups in total. The number of carbonyl (C=O) groups excluding carboxylic acids is 2. The fourth-order valence-corrected chi connectivity index (χ4v) is 4.48. The highest BCUT2D eigenvalue weighted by Crippen LogP contribution is 2.47. The number of carbonyl (C=O) groups is 2. The van der Waals surface area contributed by atoms with Crippen LogP contribution in [0.1, 0.15) is 21.7 Å². The minimum Gasteiger partial charge on any atom is -0.497 e. The van der Waals surface area contributed by atoms with Gasteiger partial charge in [-0.15, -0.1) is 0 Å². The number of methoxy groups -OCH3 is 1. The van der Waals surface area contributed by atoms with E-state index in [-0.39, 0.29) is 17.6 Å². The molecule has 2 aliphatic rings. The van der Waals surface area contributed by atoms with Crippen molar-refractivity contribution >= 4 is 11.8 Å². The van der Waals surface area contributed by atoms with Gasteiger partial charge >= 0.3 is 0 Å². The molecule has 8 nitrogen and oxygen atoms in total. The van der Waals surface area contributed by atoms with Crippen LogP contribution in [0.15, 0.2) is 71.3 Å². The van der Waals surface area contributed by atoms with E-state index in [1.165, 1.54) is 6.26 Å². The summed E-state index contributed by atoms with van der Waals surface area (Å²) in [5.74, 6) is 0.718. The molecule has 0 radical (unpaired) electrons. The smallest absolute Gasteiger partial charge is 0.289 e. The Morgan fingerprint density at radius 3 is 2.39 bits per heavy atom. The summed E-state index contributed by atoms with van der Waals surface area (Å²) in [5, 5.41) is 11.9. The molecule has 0 saturated carbocycles. The van der Waals surface area contributed by atoms with Gasteiger partial charge in [-0.1, -0.05) is 30.3 Å². The van der Waals surface area contributed by atoms with Crippen molar-refractivity contribution in [2.24, 2.45) is 0 Å². The van der Waals surface area contributed by atoms with Crippen LogP contribution in [0.4, 0.5) is 0 Å². The number of hydrogen-bond acceptors (Lipinski definition) is 6. The molecular weight excluding hydrogens is 424 g/mol. The molecule has 3 aromatic rings. The zero-order valence-corrected chi connectivity index (χ0v) is 18.1. The van der Waals surface area contributed by atoms with Gasteiger partial charge in [-0.3, -0.25) is 9.59 Å². The first-order valence-corrected chi connectivity index (χ1v) is 10.8. The number of fused-ring (bicyclic) bond motifs is 1. The van der Waals surface area contributed by atoms with Crippen molar-refractivity contribution in [2.45, 2.75) is 11.7 Å². The molecule has 8 heteroatoms. The number of nitrogens with zero attached hydrogens (tertiary/aromatic N) is 2. The van der Waals surface area contributed by atoms with Crippen molar-refractivity contribution < 1.29 is 28.6 Å². The predicted molar refractivity (Wildman–Crippen MR) is 118 cm³/mol. The summed E-state index contributed by atoms with van der Waals surface area (Å²) >= 11 is 0. The molecule has 0 aliphatic carbocycles. The molecule has 0 spiro atoms.